The van der Waals surface area contributed by atoms with Crippen LogP contribution < -0.4 is 0 Å². The minimum Gasteiger partial charge on any atom is -0.508 e. The topological polar surface area (TPSA) is 60.8 Å². The second-order valence-electron chi connectivity index (χ2n) is 4.92. The van der Waals surface area contributed by atoms with Gasteiger partial charge in [-0.05, 0) is 49.4 Å². The number of benzene rings is 1. The fraction of sp³-hybridized carbons (Fsp3) is 0.500. The summed E-state index contributed by atoms with van der Waals surface area (Å²) in [5.41, 5.74) is 1.44. The molecule has 0 bridgehead atoms. The lowest BCUT2D eigenvalue weighted by Gasteiger charge is -2.31. The molecule has 18 heavy (non-hydrogen) atoms. The Bertz CT molecular complexity index is 437. The quantitative estimate of drug-likeness (QED) is 0.836. The molecule has 4 heteroatoms. The number of phenolic OH excluding ortho intramolecular Hbond substituents is 1. The van der Waals surface area contributed by atoms with Crippen molar-refractivity contribution in [3.8, 4) is 5.75 Å². The molecule has 1 aromatic carbocycles. The number of amides is 1. The van der Waals surface area contributed by atoms with Crippen molar-refractivity contribution < 1.29 is 15.0 Å². The van der Waals surface area contributed by atoms with Crippen molar-refractivity contribution in [2.75, 3.05) is 19.7 Å². The summed E-state index contributed by atoms with van der Waals surface area (Å²) in [5.74, 6) is 0.530. The van der Waals surface area contributed by atoms with Crippen LogP contribution in [0.3, 0.4) is 0 Å². The molecule has 1 aliphatic rings. The molecule has 98 valence electrons. The van der Waals surface area contributed by atoms with E-state index in [1.54, 1.807) is 18.2 Å². The van der Waals surface area contributed by atoms with E-state index in [1.807, 2.05) is 11.8 Å². The Hall–Kier alpha value is -1.55. The Labute approximate surface area is 107 Å². The molecule has 1 fully saturated rings. The van der Waals surface area contributed by atoms with Gasteiger partial charge >= 0.3 is 0 Å². The minimum absolute atomic E-state index is 0.0175. The molecule has 0 saturated carbocycles. The monoisotopic (exact) mass is 249 g/mol. The molecular weight excluding hydrogens is 230 g/mol. The summed E-state index contributed by atoms with van der Waals surface area (Å²) in [7, 11) is 0. The summed E-state index contributed by atoms with van der Waals surface area (Å²) < 4.78 is 0. The van der Waals surface area contributed by atoms with E-state index in [4.69, 9.17) is 5.11 Å². The van der Waals surface area contributed by atoms with Gasteiger partial charge in [-0.15, -0.1) is 0 Å². The van der Waals surface area contributed by atoms with Gasteiger partial charge in [-0.3, -0.25) is 4.79 Å². The number of carbonyl (C=O) groups is 1. The van der Waals surface area contributed by atoms with Gasteiger partial charge in [0.1, 0.15) is 5.75 Å². The average molecular weight is 249 g/mol. The van der Waals surface area contributed by atoms with E-state index in [0.717, 1.165) is 18.4 Å². The van der Waals surface area contributed by atoms with E-state index in [2.05, 4.69) is 0 Å². The predicted molar refractivity (Wildman–Crippen MR) is 68.6 cm³/mol. The summed E-state index contributed by atoms with van der Waals surface area (Å²) in [6.07, 6.45) is 1.72. The zero-order chi connectivity index (χ0) is 13.1. The Morgan fingerprint density at radius 3 is 2.61 bits per heavy atom. The number of carbonyl (C=O) groups excluding carboxylic acids is 1. The lowest BCUT2D eigenvalue weighted by molar-refractivity contribution is 0.0650. The molecule has 1 saturated heterocycles. The third-order valence-corrected chi connectivity index (χ3v) is 3.60. The van der Waals surface area contributed by atoms with Gasteiger partial charge < -0.3 is 15.1 Å². The van der Waals surface area contributed by atoms with E-state index >= 15 is 0 Å². The first-order chi connectivity index (χ1) is 8.61. The molecule has 0 aliphatic carbocycles. The maximum Gasteiger partial charge on any atom is 0.254 e. The summed E-state index contributed by atoms with van der Waals surface area (Å²) in [5, 5.41) is 18.4. The van der Waals surface area contributed by atoms with Crippen LogP contribution in [0.15, 0.2) is 18.2 Å². The van der Waals surface area contributed by atoms with Crippen LogP contribution in [0, 0.1) is 12.8 Å². The Balaban J connectivity index is 2.08. The van der Waals surface area contributed by atoms with Crippen molar-refractivity contribution in [2.24, 2.45) is 5.92 Å². The van der Waals surface area contributed by atoms with Crippen LogP contribution in [-0.2, 0) is 0 Å². The van der Waals surface area contributed by atoms with Gasteiger partial charge in [0.2, 0.25) is 0 Å². The fourth-order valence-corrected chi connectivity index (χ4v) is 2.38. The third kappa shape index (κ3) is 2.64. The van der Waals surface area contributed by atoms with E-state index in [9.17, 15) is 9.90 Å². The molecule has 0 atom stereocenters. The van der Waals surface area contributed by atoms with Gasteiger partial charge in [-0.1, -0.05) is 0 Å². The van der Waals surface area contributed by atoms with Crippen LogP contribution in [0.5, 0.6) is 5.75 Å². The molecule has 1 aliphatic heterocycles. The number of nitrogens with zero attached hydrogens (tertiary/aromatic N) is 1. The molecule has 4 nitrogen and oxygen atoms in total. The molecular formula is C14H19NO3. The SMILES string of the molecule is Cc1cc(O)ccc1C(=O)N1CCC(CO)CC1. The highest BCUT2D eigenvalue weighted by atomic mass is 16.3. The van der Waals surface area contributed by atoms with Crippen molar-refractivity contribution in [1.29, 1.82) is 0 Å². The minimum atomic E-state index is 0.0175. The first-order valence-corrected chi connectivity index (χ1v) is 6.31. The predicted octanol–water partition coefficient (Wildman–Crippen LogP) is 1.55. The van der Waals surface area contributed by atoms with Crippen LogP contribution in [0.4, 0.5) is 0 Å². The maximum absolute atomic E-state index is 12.3. The number of piperidine rings is 1. The van der Waals surface area contributed by atoms with Crippen molar-refractivity contribution in [3.05, 3.63) is 29.3 Å². The zero-order valence-corrected chi connectivity index (χ0v) is 10.6. The van der Waals surface area contributed by atoms with E-state index in [0.29, 0.717) is 24.6 Å². The third-order valence-electron chi connectivity index (χ3n) is 3.60. The second-order valence-corrected chi connectivity index (χ2v) is 4.92. The van der Waals surface area contributed by atoms with Gasteiger partial charge in [0, 0.05) is 25.3 Å². The average Bonchev–Trinajstić information content (AvgIpc) is 2.38. The van der Waals surface area contributed by atoms with E-state index in [-0.39, 0.29) is 18.3 Å². The molecule has 0 aromatic heterocycles. The number of hydrogen-bond donors (Lipinski definition) is 2. The highest BCUT2D eigenvalue weighted by Gasteiger charge is 2.23. The van der Waals surface area contributed by atoms with Crippen molar-refractivity contribution in [2.45, 2.75) is 19.8 Å². The molecule has 1 amide bonds. The summed E-state index contributed by atoms with van der Waals surface area (Å²) >= 11 is 0. The highest BCUT2D eigenvalue weighted by Crippen LogP contribution is 2.21. The maximum atomic E-state index is 12.3. The number of aromatic hydroxyl groups is 1. The van der Waals surface area contributed by atoms with Crippen LogP contribution in [0.25, 0.3) is 0 Å². The number of aryl methyl sites for hydroxylation is 1. The van der Waals surface area contributed by atoms with E-state index < -0.39 is 0 Å². The summed E-state index contributed by atoms with van der Waals surface area (Å²) in [6.45, 7) is 3.43. The van der Waals surface area contributed by atoms with Gasteiger partial charge in [-0.2, -0.15) is 0 Å². The largest absolute Gasteiger partial charge is 0.508 e. The summed E-state index contributed by atoms with van der Waals surface area (Å²) in [6, 6.07) is 4.82. The van der Waals surface area contributed by atoms with Crippen molar-refractivity contribution in [1.82, 2.24) is 4.90 Å². The number of likely N-dealkylation sites (tertiary alicyclic amines) is 1. The molecule has 0 radical (unpaired) electrons. The van der Waals surface area contributed by atoms with Gasteiger partial charge in [0.25, 0.3) is 5.91 Å². The lowest BCUT2D eigenvalue weighted by Crippen LogP contribution is -2.39. The molecule has 0 unspecified atom stereocenters. The number of rotatable bonds is 2. The highest BCUT2D eigenvalue weighted by molar-refractivity contribution is 5.95. The summed E-state index contributed by atoms with van der Waals surface area (Å²) in [4.78, 5) is 14.1. The lowest BCUT2D eigenvalue weighted by atomic mass is 9.97. The van der Waals surface area contributed by atoms with Crippen LogP contribution in [-0.4, -0.2) is 40.7 Å². The first-order valence-electron chi connectivity index (χ1n) is 6.31. The van der Waals surface area contributed by atoms with E-state index in [1.165, 1.54) is 0 Å². The zero-order valence-electron chi connectivity index (χ0n) is 10.6. The second kappa shape index (κ2) is 5.40. The molecule has 0 spiro atoms. The normalized spacial score (nSPS) is 16.9. The van der Waals surface area contributed by atoms with Crippen LogP contribution in [0.1, 0.15) is 28.8 Å². The van der Waals surface area contributed by atoms with Crippen LogP contribution >= 0.6 is 0 Å². The Kier molecular flexibility index (Phi) is 3.87. The molecule has 2 rings (SSSR count). The van der Waals surface area contributed by atoms with Crippen molar-refractivity contribution in [3.63, 3.8) is 0 Å². The first kappa shape index (κ1) is 12.9. The van der Waals surface area contributed by atoms with Crippen LogP contribution in [0.2, 0.25) is 0 Å². The van der Waals surface area contributed by atoms with Gasteiger partial charge in [0.05, 0.1) is 0 Å². The number of hydrogen-bond acceptors (Lipinski definition) is 3. The number of aliphatic hydroxyl groups excluding tert-OH is 1. The van der Waals surface area contributed by atoms with Gasteiger partial charge in [0.15, 0.2) is 0 Å². The molecule has 2 N–H and O–H groups in total. The number of phenols is 1. The Morgan fingerprint density at radius 2 is 2.06 bits per heavy atom. The smallest absolute Gasteiger partial charge is 0.254 e. The van der Waals surface area contributed by atoms with Gasteiger partial charge in [-0.25, -0.2) is 0 Å². The van der Waals surface area contributed by atoms with Crippen molar-refractivity contribution >= 4 is 5.91 Å². The molecule has 1 heterocycles. The molecule has 1 aromatic rings. The fourth-order valence-electron chi connectivity index (χ4n) is 2.38. The Morgan fingerprint density at radius 1 is 1.39 bits per heavy atom. The standard InChI is InChI=1S/C14H19NO3/c1-10-8-12(17)2-3-13(10)14(18)15-6-4-11(9-16)5-7-15/h2-3,8,11,16-17H,4-7,9H2,1H3. The number of aliphatic hydroxyl groups is 1.